The molecule has 3 heteroatoms. The van der Waals surface area contributed by atoms with Crippen LogP contribution in [0.15, 0.2) is 17.5 Å². The average molecular weight is 224 g/mol. The minimum atomic E-state index is -0.255. The first kappa shape index (κ1) is 10.8. The molecule has 82 valence electrons. The Morgan fingerprint density at radius 2 is 2.40 bits per heavy atom. The van der Waals surface area contributed by atoms with Crippen LogP contribution in [0.5, 0.6) is 0 Å². The molecule has 1 aliphatic rings. The van der Waals surface area contributed by atoms with Gasteiger partial charge in [0, 0.05) is 17.7 Å². The number of ether oxygens (including phenoxy) is 1. The van der Waals surface area contributed by atoms with Crippen LogP contribution in [0.1, 0.15) is 25.1 Å². The Morgan fingerprint density at radius 3 is 2.93 bits per heavy atom. The number of hydrogen-bond donors (Lipinski definition) is 0. The van der Waals surface area contributed by atoms with E-state index in [0.717, 1.165) is 13.0 Å². The highest BCUT2D eigenvalue weighted by Crippen LogP contribution is 2.38. The van der Waals surface area contributed by atoms with Crippen LogP contribution in [-0.4, -0.2) is 18.5 Å². The summed E-state index contributed by atoms with van der Waals surface area (Å²) >= 11 is 1.75. The van der Waals surface area contributed by atoms with Gasteiger partial charge in [0.2, 0.25) is 0 Å². The van der Waals surface area contributed by atoms with Gasteiger partial charge in [0.05, 0.1) is 18.1 Å². The molecule has 1 saturated carbocycles. The largest absolute Gasteiger partial charge is 0.376 e. The van der Waals surface area contributed by atoms with E-state index in [1.807, 2.05) is 13.8 Å². The zero-order valence-electron chi connectivity index (χ0n) is 9.16. The summed E-state index contributed by atoms with van der Waals surface area (Å²) in [5.41, 5.74) is -0.255. The van der Waals surface area contributed by atoms with E-state index in [0.29, 0.717) is 12.2 Å². The Labute approximate surface area is 94.3 Å². The van der Waals surface area contributed by atoms with E-state index < -0.39 is 0 Å². The number of carbonyl (C=O) groups is 1. The van der Waals surface area contributed by atoms with E-state index in [2.05, 4.69) is 17.5 Å². The Balaban J connectivity index is 1.74. The van der Waals surface area contributed by atoms with Crippen LogP contribution in [0.2, 0.25) is 0 Å². The van der Waals surface area contributed by atoms with Crippen molar-refractivity contribution in [3.8, 4) is 0 Å². The van der Waals surface area contributed by atoms with Gasteiger partial charge in [-0.15, -0.1) is 11.3 Å². The smallest absolute Gasteiger partial charge is 0.143 e. The Bertz CT molecular complexity index is 341. The molecule has 0 N–H and O–H groups in total. The molecule has 1 atom stereocenters. The van der Waals surface area contributed by atoms with Gasteiger partial charge in [0.1, 0.15) is 5.78 Å². The lowest BCUT2D eigenvalue weighted by Crippen LogP contribution is -2.51. The van der Waals surface area contributed by atoms with E-state index in [4.69, 9.17) is 4.74 Å². The van der Waals surface area contributed by atoms with Crippen molar-refractivity contribution in [1.29, 1.82) is 0 Å². The fourth-order valence-electron chi connectivity index (χ4n) is 1.76. The fourth-order valence-corrected chi connectivity index (χ4v) is 2.45. The second-order valence-corrected chi connectivity index (χ2v) is 5.57. The van der Waals surface area contributed by atoms with Crippen LogP contribution in [0.25, 0.3) is 0 Å². The molecular formula is C12H16O2S. The first-order valence-electron chi connectivity index (χ1n) is 5.28. The van der Waals surface area contributed by atoms with Crippen molar-refractivity contribution in [3.05, 3.63) is 22.4 Å². The molecule has 0 saturated heterocycles. The molecule has 2 nitrogen and oxygen atoms in total. The molecule has 2 rings (SSSR count). The number of carbonyl (C=O) groups excluding carboxylic acids is 1. The monoisotopic (exact) mass is 224 g/mol. The van der Waals surface area contributed by atoms with Gasteiger partial charge >= 0.3 is 0 Å². The number of thiophene rings is 1. The summed E-state index contributed by atoms with van der Waals surface area (Å²) in [4.78, 5) is 12.6. The van der Waals surface area contributed by atoms with Gasteiger partial charge in [0.25, 0.3) is 0 Å². The lowest BCUT2D eigenvalue weighted by atomic mass is 9.68. The molecule has 15 heavy (non-hydrogen) atoms. The standard InChI is InChI=1S/C12H16O2S/c1-12(2)10(13)8-11(12)14-6-5-9-4-3-7-15-9/h3-4,7,11H,5-6,8H2,1-2H3. The molecule has 1 aromatic heterocycles. The maximum Gasteiger partial charge on any atom is 0.143 e. The second-order valence-electron chi connectivity index (χ2n) is 4.54. The average Bonchev–Trinajstić information content (AvgIpc) is 2.69. The summed E-state index contributed by atoms with van der Waals surface area (Å²) < 4.78 is 5.72. The van der Waals surface area contributed by atoms with Gasteiger partial charge in [-0.25, -0.2) is 0 Å². The summed E-state index contributed by atoms with van der Waals surface area (Å²) in [7, 11) is 0. The fraction of sp³-hybridized carbons (Fsp3) is 0.583. The third kappa shape index (κ3) is 2.13. The van der Waals surface area contributed by atoms with Crippen molar-refractivity contribution in [2.45, 2.75) is 32.8 Å². The van der Waals surface area contributed by atoms with E-state index in [1.54, 1.807) is 11.3 Å². The normalized spacial score (nSPS) is 23.9. The highest BCUT2D eigenvalue weighted by Gasteiger charge is 2.47. The molecule has 0 bridgehead atoms. The van der Waals surface area contributed by atoms with E-state index in [9.17, 15) is 4.79 Å². The summed E-state index contributed by atoms with van der Waals surface area (Å²) in [6, 6.07) is 4.17. The van der Waals surface area contributed by atoms with Crippen molar-refractivity contribution < 1.29 is 9.53 Å². The van der Waals surface area contributed by atoms with Crippen molar-refractivity contribution in [1.82, 2.24) is 0 Å². The molecular weight excluding hydrogens is 208 g/mol. The third-order valence-electron chi connectivity index (χ3n) is 3.14. The number of Topliss-reactive ketones (excluding diaryl/α,β-unsaturated/α-hetero) is 1. The number of ketones is 1. The van der Waals surface area contributed by atoms with E-state index in [1.165, 1.54) is 4.88 Å². The summed E-state index contributed by atoms with van der Waals surface area (Å²) in [6.45, 7) is 4.66. The molecule has 1 fully saturated rings. The quantitative estimate of drug-likeness (QED) is 0.786. The van der Waals surface area contributed by atoms with Crippen LogP contribution in [0, 0.1) is 5.41 Å². The minimum Gasteiger partial charge on any atom is -0.376 e. The SMILES string of the molecule is CC1(C)C(=O)CC1OCCc1cccs1. The Kier molecular flexibility index (Phi) is 2.94. The number of hydrogen-bond acceptors (Lipinski definition) is 3. The highest BCUT2D eigenvalue weighted by molar-refractivity contribution is 7.09. The van der Waals surface area contributed by atoms with Crippen LogP contribution in [0.4, 0.5) is 0 Å². The highest BCUT2D eigenvalue weighted by atomic mass is 32.1. The molecule has 0 radical (unpaired) electrons. The minimum absolute atomic E-state index is 0.130. The van der Waals surface area contributed by atoms with E-state index >= 15 is 0 Å². The molecule has 0 aliphatic heterocycles. The first-order valence-corrected chi connectivity index (χ1v) is 6.16. The van der Waals surface area contributed by atoms with Gasteiger partial charge < -0.3 is 4.74 Å². The Hall–Kier alpha value is -0.670. The summed E-state index contributed by atoms with van der Waals surface area (Å²) in [5, 5.41) is 2.08. The second kappa shape index (κ2) is 4.06. The van der Waals surface area contributed by atoms with Crippen LogP contribution < -0.4 is 0 Å². The first-order chi connectivity index (χ1) is 7.10. The van der Waals surface area contributed by atoms with Gasteiger partial charge in [-0.1, -0.05) is 19.9 Å². The molecule has 1 unspecified atom stereocenters. The molecule has 1 aliphatic carbocycles. The molecule has 1 heterocycles. The molecule has 0 spiro atoms. The lowest BCUT2D eigenvalue weighted by molar-refractivity contribution is -0.157. The lowest BCUT2D eigenvalue weighted by Gasteiger charge is -2.41. The molecule has 1 aromatic rings. The Morgan fingerprint density at radius 1 is 1.60 bits per heavy atom. The van der Waals surface area contributed by atoms with Gasteiger partial charge in [-0.2, -0.15) is 0 Å². The van der Waals surface area contributed by atoms with Crippen molar-refractivity contribution >= 4 is 17.1 Å². The zero-order valence-corrected chi connectivity index (χ0v) is 9.97. The van der Waals surface area contributed by atoms with Gasteiger partial charge in [-0.05, 0) is 11.4 Å². The van der Waals surface area contributed by atoms with Crippen molar-refractivity contribution in [2.24, 2.45) is 5.41 Å². The van der Waals surface area contributed by atoms with Crippen LogP contribution >= 0.6 is 11.3 Å². The van der Waals surface area contributed by atoms with Gasteiger partial charge in [0.15, 0.2) is 0 Å². The van der Waals surface area contributed by atoms with E-state index in [-0.39, 0.29) is 11.5 Å². The summed E-state index contributed by atoms with van der Waals surface area (Å²) in [5.74, 6) is 0.323. The predicted octanol–water partition coefficient (Wildman–Crippen LogP) is 2.67. The maximum absolute atomic E-state index is 11.3. The van der Waals surface area contributed by atoms with Crippen molar-refractivity contribution in [3.63, 3.8) is 0 Å². The zero-order chi connectivity index (χ0) is 10.9. The van der Waals surface area contributed by atoms with Crippen molar-refractivity contribution in [2.75, 3.05) is 6.61 Å². The number of rotatable bonds is 4. The van der Waals surface area contributed by atoms with Crippen LogP contribution in [-0.2, 0) is 16.0 Å². The summed E-state index contributed by atoms with van der Waals surface area (Å²) in [6.07, 6.45) is 1.68. The van der Waals surface area contributed by atoms with Gasteiger partial charge in [-0.3, -0.25) is 4.79 Å². The topological polar surface area (TPSA) is 26.3 Å². The molecule has 0 amide bonds. The third-order valence-corrected chi connectivity index (χ3v) is 4.08. The maximum atomic E-state index is 11.3. The van der Waals surface area contributed by atoms with Crippen LogP contribution in [0.3, 0.4) is 0 Å². The molecule has 0 aromatic carbocycles. The predicted molar refractivity (Wildman–Crippen MR) is 61.2 cm³/mol.